The van der Waals surface area contributed by atoms with Gasteiger partial charge in [-0.1, -0.05) is 6.42 Å². The molecule has 2 aliphatic carbocycles. The Kier molecular flexibility index (Phi) is 7.06. The number of carbonyl (C=O) groups excluding carboxylic acids is 1. The predicted molar refractivity (Wildman–Crippen MR) is 161 cm³/mol. The topological polar surface area (TPSA) is 123 Å². The van der Waals surface area contributed by atoms with Gasteiger partial charge in [-0.25, -0.2) is 18.2 Å². The number of sulfone groups is 1. The molecule has 1 N–H and O–H groups in total. The van der Waals surface area contributed by atoms with Crippen molar-refractivity contribution >= 4 is 38.6 Å². The molecule has 3 heterocycles. The van der Waals surface area contributed by atoms with Gasteiger partial charge >= 0.3 is 6.09 Å². The van der Waals surface area contributed by atoms with E-state index in [4.69, 9.17) is 9.72 Å². The molecular formula is C31H39N5O5S. The third-order valence-electron chi connectivity index (χ3n) is 9.04. The van der Waals surface area contributed by atoms with E-state index < -0.39 is 26.8 Å². The Morgan fingerprint density at radius 1 is 1.07 bits per heavy atom. The number of nitrogens with one attached hydrogen (secondary N) is 1. The SMILES string of the molecule is Cc1cc(S(=O)(=O)C2CCN(C(=O)OC(C)(C)C)CC2)ccc1Nc1ncc2ccc(=O)n(C3CCCC34CC4)c2n1. The van der Waals surface area contributed by atoms with Crippen LogP contribution in [0.5, 0.6) is 0 Å². The van der Waals surface area contributed by atoms with Crippen LogP contribution in [0, 0.1) is 12.3 Å². The number of aryl methyl sites for hydroxylation is 1. The normalized spacial score (nSPS) is 20.7. The number of benzene rings is 1. The number of hydrogen-bond donors (Lipinski definition) is 1. The minimum absolute atomic E-state index is 0.0343. The van der Waals surface area contributed by atoms with Crippen LogP contribution in [-0.4, -0.2) is 57.9 Å². The van der Waals surface area contributed by atoms with Crippen LogP contribution in [0.15, 0.2) is 46.2 Å². The van der Waals surface area contributed by atoms with Crippen LogP contribution >= 0.6 is 0 Å². The molecule has 3 fully saturated rings. The summed E-state index contributed by atoms with van der Waals surface area (Å²) in [5.74, 6) is 0.359. The highest BCUT2D eigenvalue weighted by Crippen LogP contribution is 2.63. The van der Waals surface area contributed by atoms with E-state index in [0.29, 0.717) is 43.2 Å². The summed E-state index contributed by atoms with van der Waals surface area (Å²) in [5.41, 5.74) is 1.67. The van der Waals surface area contributed by atoms with E-state index >= 15 is 0 Å². The van der Waals surface area contributed by atoms with Gasteiger partial charge in [0.1, 0.15) is 11.2 Å². The van der Waals surface area contributed by atoms with Gasteiger partial charge in [0.25, 0.3) is 5.56 Å². The number of carbonyl (C=O) groups is 1. The zero-order chi connectivity index (χ0) is 29.9. The van der Waals surface area contributed by atoms with Gasteiger partial charge in [0.2, 0.25) is 5.95 Å². The number of hydrogen-bond acceptors (Lipinski definition) is 8. The van der Waals surface area contributed by atoms with E-state index in [1.165, 1.54) is 0 Å². The summed E-state index contributed by atoms with van der Waals surface area (Å²) in [5, 5.41) is 3.49. The van der Waals surface area contributed by atoms with Crippen LogP contribution in [0.3, 0.4) is 0 Å². The molecule has 1 amide bonds. The second-order valence-corrected chi connectivity index (χ2v) is 15.3. The lowest BCUT2D eigenvalue weighted by Gasteiger charge is -2.33. The average Bonchev–Trinajstić information content (AvgIpc) is 3.61. The smallest absolute Gasteiger partial charge is 0.410 e. The lowest BCUT2D eigenvalue weighted by atomic mass is 10.00. The zero-order valence-electron chi connectivity index (χ0n) is 24.7. The van der Waals surface area contributed by atoms with Gasteiger partial charge in [0, 0.05) is 42.5 Å². The van der Waals surface area contributed by atoms with E-state index in [1.807, 2.05) is 32.3 Å². The fraction of sp³-hybridized carbons (Fsp3) is 0.548. The molecule has 0 radical (unpaired) electrons. The minimum Gasteiger partial charge on any atom is -0.444 e. The van der Waals surface area contributed by atoms with E-state index in [0.717, 1.165) is 43.1 Å². The molecular weight excluding hydrogens is 554 g/mol. The summed E-state index contributed by atoms with van der Waals surface area (Å²) in [4.78, 5) is 36.5. The third-order valence-corrected chi connectivity index (χ3v) is 11.3. The van der Waals surface area contributed by atoms with Gasteiger partial charge in [-0.05, 0) is 101 Å². The first-order chi connectivity index (χ1) is 19.9. The van der Waals surface area contributed by atoms with Crippen molar-refractivity contribution in [3.05, 3.63) is 52.4 Å². The van der Waals surface area contributed by atoms with Crippen molar-refractivity contribution in [1.29, 1.82) is 0 Å². The average molecular weight is 594 g/mol. The van der Waals surface area contributed by atoms with Crippen LogP contribution in [0.1, 0.15) is 77.3 Å². The van der Waals surface area contributed by atoms with Crippen molar-refractivity contribution < 1.29 is 17.9 Å². The first-order valence-electron chi connectivity index (χ1n) is 14.8. The largest absolute Gasteiger partial charge is 0.444 e. The van der Waals surface area contributed by atoms with E-state index in [1.54, 1.807) is 41.4 Å². The molecule has 11 heteroatoms. The molecule has 42 heavy (non-hydrogen) atoms. The molecule has 1 spiro atoms. The summed E-state index contributed by atoms with van der Waals surface area (Å²) in [7, 11) is -3.59. The van der Waals surface area contributed by atoms with Crippen molar-refractivity contribution in [2.75, 3.05) is 18.4 Å². The van der Waals surface area contributed by atoms with Gasteiger partial charge in [0.15, 0.2) is 9.84 Å². The van der Waals surface area contributed by atoms with E-state index in [2.05, 4.69) is 10.3 Å². The Morgan fingerprint density at radius 2 is 1.81 bits per heavy atom. The molecule has 1 atom stereocenters. The zero-order valence-corrected chi connectivity index (χ0v) is 25.5. The molecule has 2 saturated carbocycles. The van der Waals surface area contributed by atoms with Crippen molar-refractivity contribution in [2.45, 2.75) is 94.4 Å². The number of piperidine rings is 1. The maximum Gasteiger partial charge on any atom is 0.410 e. The number of nitrogens with zero attached hydrogens (tertiary/aromatic N) is 4. The number of likely N-dealkylation sites (tertiary alicyclic amines) is 1. The molecule has 0 bridgehead atoms. The molecule has 1 saturated heterocycles. The molecule has 10 nitrogen and oxygen atoms in total. The van der Waals surface area contributed by atoms with Gasteiger partial charge < -0.3 is 15.0 Å². The molecule has 3 aromatic rings. The molecule has 6 rings (SSSR count). The Hall–Kier alpha value is -3.47. The number of pyridine rings is 1. The van der Waals surface area contributed by atoms with Crippen molar-refractivity contribution in [3.63, 3.8) is 0 Å². The molecule has 1 unspecified atom stereocenters. The van der Waals surface area contributed by atoms with E-state index in [9.17, 15) is 18.0 Å². The first kappa shape index (κ1) is 28.6. The molecule has 224 valence electrons. The Labute approximate surface area is 246 Å². The number of anilines is 2. The van der Waals surface area contributed by atoms with Crippen LogP contribution in [-0.2, 0) is 14.6 Å². The Balaban J connectivity index is 1.19. The minimum atomic E-state index is -3.59. The van der Waals surface area contributed by atoms with Crippen LogP contribution in [0.25, 0.3) is 11.0 Å². The van der Waals surface area contributed by atoms with E-state index in [-0.39, 0.29) is 21.9 Å². The summed E-state index contributed by atoms with van der Waals surface area (Å²) in [6.07, 6.45) is 7.63. The van der Waals surface area contributed by atoms with Crippen LogP contribution in [0.4, 0.5) is 16.4 Å². The lowest BCUT2D eigenvalue weighted by molar-refractivity contribution is 0.0217. The van der Waals surface area contributed by atoms with Crippen molar-refractivity contribution in [3.8, 4) is 0 Å². The van der Waals surface area contributed by atoms with Crippen LogP contribution in [0.2, 0.25) is 0 Å². The Morgan fingerprint density at radius 3 is 2.48 bits per heavy atom. The van der Waals surface area contributed by atoms with Crippen LogP contribution < -0.4 is 10.9 Å². The summed E-state index contributed by atoms with van der Waals surface area (Å²) < 4.78 is 34.3. The molecule has 2 aromatic heterocycles. The van der Waals surface area contributed by atoms with Gasteiger partial charge in [0.05, 0.1) is 10.1 Å². The highest BCUT2D eigenvalue weighted by Gasteiger charge is 2.53. The summed E-state index contributed by atoms with van der Waals surface area (Å²) in [6, 6.07) is 8.56. The third kappa shape index (κ3) is 5.39. The number of ether oxygens (including phenoxy) is 1. The number of amides is 1. The quantitative estimate of drug-likeness (QED) is 0.410. The molecule has 1 aromatic carbocycles. The molecule has 1 aliphatic heterocycles. The highest BCUT2D eigenvalue weighted by molar-refractivity contribution is 7.92. The first-order valence-corrected chi connectivity index (χ1v) is 16.4. The summed E-state index contributed by atoms with van der Waals surface area (Å²) >= 11 is 0. The second kappa shape index (κ2) is 10.4. The molecule has 3 aliphatic rings. The number of rotatable bonds is 5. The summed E-state index contributed by atoms with van der Waals surface area (Å²) in [6.45, 7) is 7.96. The van der Waals surface area contributed by atoms with Gasteiger partial charge in [-0.3, -0.25) is 9.36 Å². The van der Waals surface area contributed by atoms with Gasteiger partial charge in [-0.15, -0.1) is 0 Å². The fourth-order valence-corrected chi connectivity index (χ4v) is 8.42. The monoisotopic (exact) mass is 593 g/mol. The maximum absolute atomic E-state index is 13.5. The standard InChI is InChI=1S/C31H39N5O5S/c1-20-18-23(42(39,40)22-11-16-35(17-12-22)29(38)41-30(2,3)4)8-9-24(20)33-28-32-19-21-7-10-26(37)36(27(21)34-28)25-6-5-13-31(25)14-15-31/h7-10,18-19,22,25H,5-6,11-17H2,1-4H3,(H,32,33,34). The lowest BCUT2D eigenvalue weighted by Crippen LogP contribution is -2.44. The predicted octanol–water partition coefficient (Wildman–Crippen LogP) is 5.52. The fourth-order valence-electron chi connectivity index (χ4n) is 6.61. The number of aromatic nitrogens is 3. The highest BCUT2D eigenvalue weighted by atomic mass is 32.2. The van der Waals surface area contributed by atoms with Gasteiger partial charge in [-0.2, -0.15) is 4.98 Å². The number of fused-ring (bicyclic) bond motifs is 1. The van der Waals surface area contributed by atoms with Crippen molar-refractivity contribution in [1.82, 2.24) is 19.4 Å². The maximum atomic E-state index is 13.5. The van der Waals surface area contributed by atoms with Crippen molar-refractivity contribution in [2.24, 2.45) is 5.41 Å². The Bertz CT molecular complexity index is 1700. The second-order valence-electron chi connectivity index (χ2n) is 13.1.